The first-order valence-electron chi connectivity index (χ1n) is 6.73. The van der Waals surface area contributed by atoms with Gasteiger partial charge in [0.05, 0.1) is 5.29 Å². The van der Waals surface area contributed by atoms with Gasteiger partial charge in [-0.2, -0.15) is 33.9 Å². The second kappa shape index (κ2) is 10.6. The van der Waals surface area contributed by atoms with Gasteiger partial charge in [-0.05, 0) is 5.69 Å². The number of anilines is 1. The van der Waals surface area contributed by atoms with Crippen LogP contribution in [0.1, 0.15) is 27.8 Å². The number of benzene rings is 1. The van der Waals surface area contributed by atoms with Crippen LogP contribution in [0, 0.1) is 51.4 Å². The van der Waals surface area contributed by atoms with Crippen molar-refractivity contribution in [2.75, 3.05) is 12.1 Å². The number of rotatable bonds is 2. The van der Waals surface area contributed by atoms with Crippen molar-refractivity contribution in [1.29, 1.82) is 0 Å². The van der Waals surface area contributed by atoms with Gasteiger partial charge in [-0.3, -0.25) is 9.40 Å². The quantitative estimate of drug-likeness (QED) is 0.317. The summed E-state index contributed by atoms with van der Waals surface area (Å²) in [5.41, 5.74) is 7.78. The molecule has 2 rings (SSSR count). The Labute approximate surface area is 156 Å². The molecule has 23 heavy (non-hydrogen) atoms. The van der Waals surface area contributed by atoms with E-state index in [1.165, 1.54) is 47.0 Å². The van der Waals surface area contributed by atoms with Crippen LogP contribution in [0.15, 0.2) is 23.5 Å². The van der Waals surface area contributed by atoms with Crippen molar-refractivity contribution in [3.63, 3.8) is 0 Å². The van der Waals surface area contributed by atoms with Crippen LogP contribution in [0.3, 0.4) is 0 Å². The molecule has 0 amide bonds. The number of hydrogen-bond acceptors (Lipinski definition) is 2. The van der Waals surface area contributed by atoms with Crippen LogP contribution in [0.5, 0.6) is 0 Å². The summed E-state index contributed by atoms with van der Waals surface area (Å²) in [5.74, 6) is -0.381. The molecule has 0 bridgehead atoms. The molecule has 6 heteroatoms. The fourth-order valence-corrected chi connectivity index (χ4v) is 2.05. The Morgan fingerprint density at radius 3 is 1.87 bits per heavy atom. The topological polar surface area (TPSA) is 32.7 Å². The smallest absolute Gasteiger partial charge is 1.00 e. The Bertz CT molecular complexity index is 546. The molecule has 128 valence electrons. The zero-order valence-corrected chi connectivity index (χ0v) is 16.5. The molecule has 0 aliphatic rings. The Morgan fingerprint density at radius 1 is 1.13 bits per heavy atom. The third-order valence-corrected chi connectivity index (χ3v) is 4.04. The summed E-state index contributed by atoms with van der Waals surface area (Å²) in [4.78, 5) is 9.95. The van der Waals surface area contributed by atoms with Gasteiger partial charge in [0.15, 0.2) is 0 Å². The summed E-state index contributed by atoms with van der Waals surface area (Å²) in [7, 11) is 1.47. The predicted octanol–water partition coefficient (Wildman–Crippen LogP) is 1.69. The summed E-state index contributed by atoms with van der Waals surface area (Å²) >= 11 is 0. The van der Waals surface area contributed by atoms with Crippen molar-refractivity contribution in [3.8, 4) is 0 Å². The molecule has 2 aromatic rings. The molecule has 0 aliphatic heterocycles. The molecule has 0 saturated heterocycles. The van der Waals surface area contributed by atoms with Gasteiger partial charge >= 0.3 is 19.5 Å². The van der Waals surface area contributed by atoms with Crippen molar-refractivity contribution in [2.24, 2.45) is 5.29 Å². The molecule has 2 aromatic carbocycles. The van der Waals surface area contributed by atoms with Crippen LogP contribution in [0.4, 0.5) is 10.1 Å². The van der Waals surface area contributed by atoms with Crippen LogP contribution in [0.25, 0.3) is 0 Å². The van der Waals surface area contributed by atoms with E-state index in [0.29, 0.717) is 5.69 Å². The Hall–Kier alpha value is -1.19. The first-order valence-corrected chi connectivity index (χ1v) is 6.73. The van der Waals surface area contributed by atoms with Crippen LogP contribution >= 0.6 is 0 Å². The molecule has 0 heterocycles. The predicted molar refractivity (Wildman–Crippen MR) is 85.2 cm³/mol. The summed E-state index contributed by atoms with van der Waals surface area (Å²) in [5, 5.41) is 3.69. The van der Waals surface area contributed by atoms with Crippen LogP contribution in [0.2, 0.25) is 0 Å². The standard InChI is InChI=1S/C10H15.C7H6FN2O.ClH.Rh/c1-6-7(2)9(4)10(5)8(6)3;1-10(9-11)7-4-2-6(8)3-5-7;;/h1-5H3;2-4H,1H3;1H;/q2*-1;;+3/p-1. The van der Waals surface area contributed by atoms with Crippen molar-refractivity contribution in [1.82, 2.24) is 0 Å². The molecule has 0 spiro atoms. The fraction of sp³-hybridized carbons (Fsp3) is 0.353. The monoisotopic (exact) mass is 426 g/mol. The zero-order valence-electron chi connectivity index (χ0n) is 14.1. The second-order valence-corrected chi connectivity index (χ2v) is 5.12. The summed E-state index contributed by atoms with van der Waals surface area (Å²) in [6.07, 6.45) is 0. The average Bonchev–Trinajstić information content (AvgIpc) is 2.66. The van der Waals surface area contributed by atoms with E-state index in [9.17, 15) is 9.30 Å². The Morgan fingerprint density at radius 2 is 1.61 bits per heavy atom. The number of hydrogen-bond donors (Lipinski definition) is 0. The van der Waals surface area contributed by atoms with E-state index < -0.39 is 0 Å². The minimum atomic E-state index is -0.381. The summed E-state index contributed by atoms with van der Waals surface area (Å²) in [6.45, 7) is 11.0. The zero-order chi connectivity index (χ0) is 16.2. The summed E-state index contributed by atoms with van der Waals surface area (Å²) < 4.78 is 12.3. The second-order valence-electron chi connectivity index (χ2n) is 5.12. The minimum Gasteiger partial charge on any atom is -1.00 e. The largest absolute Gasteiger partial charge is 3.00 e. The van der Waals surface area contributed by atoms with Crippen molar-refractivity contribution in [2.45, 2.75) is 34.6 Å². The van der Waals surface area contributed by atoms with Gasteiger partial charge in [-0.1, -0.05) is 34.6 Å². The van der Waals surface area contributed by atoms with E-state index >= 15 is 0 Å². The number of nitroso groups, excluding NO2 is 1. The van der Waals surface area contributed by atoms with E-state index in [4.69, 9.17) is 0 Å². The normalized spacial score (nSPS) is 9.00. The van der Waals surface area contributed by atoms with Crippen LogP contribution < -0.4 is 17.4 Å². The van der Waals surface area contributed by atoms with Gasteiger partial charge in [-0.15, -0.1) is 23.1 Å². The Balaban J connectivity index is 0. The van der Waals surface area contributed by atoms with E-state index in [1.807, 2.05) is 0 Å². The van der Waals surface area contributed by atoms with E-state index in [-0.39, 0.29) is 37.7 Å². The summed E-state index contributed by atoms with van der Waals surface area (Å²) in [6, 6.07) is 6.37. The molecule has 0 fully saturated rings. The van der Waals surface area contributed by atoms with Gasteiger partial charge < -0.3 is 12.4 Å². The fourth-order valence-electron chi connectivity index (χ4n) is 2.05. The Kier molecular flexibility index (Phi) is 11.1. The van der Waals surface area contributed by atoms with Crippen molar-refractivity contribution >= 4 is 5.69 Å². The van der Waals surface area contributed by atoms with Gasteiger partial charge in [0, 0.05) is 12.9 Å². The minimum absolute atomic E-state index is 0. The molecule has 0 unspecified atom stereocenters. The molecule has 0 saturated carbocycles. The van der Waals surface area contributed by atoms with Gasteiger partial charge in [0.2, 0.25) is 0 Å². The van der Waals surface area contributed by atoms with Gasteiger partial charge in [0.1, 0.15) is 0 Å². The number of halogens is 2. The molecule has 0 aromatic heterocycles. The first-order chi connectivity index (χ1) is 9.79. The SMILES string of the molecule is CN(N=O)c1[c-]cc(F)cc1.Cc1c(C)c(C)[c-](C)c1C.[Cl-].[Rh+3]. The maximum Gasteiger partial charge on any atom is 3.00 e. The molecule has 0 radical (unpaired) electrons. The third-order valence-electron chi connectivity index (χ3n) is 4.04. The van der Waals surface area contributed by atoms with E-state index in [0.717, 1.165) is 11.1 Å². The van der Waals surface area contributed by atoms with Crippen molar-refractivity contribution < 1.29 is 36.3 Å². The molecule has 0 N–H and O–H groups in total. The molecular weight excluding hydrogens is 406 g/mol. The maximum atomic E-state index is 12.3. The maximum absolute atomic E-state index is 12.3. The molecular formula is C17H21ClFN2ORh. The first kappa shape index (κ1) is 24.1. The third kappa shape index (κ3) is 6.08. The van der Waals surface area contributed by atoms with E-state index in [2.05, 4.69) is 46.0 Å². The molecule has 0 aliphatic carbocycles. The van der Waals surface area contributed by atoms with Gasteiger partial charge in [-0.25, -0.2) is 0 Å². The molecule has 3 nitrogen and oxygen atoms in total. The van der Waals surface area contributed by atoms with Crippen LogP contribution in [-0.2, 0) is 19.5 Å². The molecule has 0 atom stereocenters. The van der Waals surface area contributed by atoms with E-state index in [1.54, 1.807) is 0 Å². The van der Waals surface area contributed by atoms with Gasteiger partial charge in [0.25, 0.3) is 0 Å². The van der Waals surface area contributed by atoms with Crippen LogP contribution in [-0.4, -0.2) is 7.05 Å². The van der Waals surface area contributed by atoms with Crippen molar-refractivity contribution in [3.05, 3.63) is 62.8 Å². The number of nitrogens with zero attached hydrogens (tertiary/aromatic N) is 2. The average molecular weight is 427 g/mol.